The molecule has 0 aromatic rings. The van der Waals surface area contributed by atoms with Gasteiger partial charge < -0.3 is 10.0 Å². The van der Waals surface area contributed by atoms with Crippen LogP contribution in [0.25, 0.3) is 0 Å². The quantitative estimate of drug-likeness (QED) is 0.691. The number of rotatable bonds is 5. The van der Waals surface area contributed by atoms with Crippen LogP contribution in [0.2, 0.25) is 0 Å². The van der Waals surface area contributed by atoms with Crippen LogP contribution in [0, 0.1) is 18.3 Å². The Bertz CT molecular complexity index is 341. The van der Waals surface area contributed by atoms with E-state index in [0.29, 0.717) is 25.9 Å². The minimum absolute atomic E-state index is 0.00691. The number of amides is 1. The van der Waals surface area contributed by atoms with Gasteiger partial charge in [0.05, 0.1) is 18.5 Å². The highest BCUT2D eigenvalue weighted by molar-refractivity contribution is 5.79. The predicted octanol–water partition coefficient (Wildman–Crippen LogP) is 0.311. The van der Waals surface area contributed by atoms with E-state index < -0.39 is 5.97 Å². The van der Waals surface area contributed by atoms with Crippen LogP contribution >= 0.6 is 0 Å². The van der Waals surface area contributed by atoms with Crippen molar-refractivity contribution < 1.29 is 14.7 Å². The molecule has 0 saturated carbocycles. The maximum atomic E-state index is 11.9. The monoisotopic (exact) mass is 252 g/mol. The molecule has 100 valence electrons. The van der Waals surface area contributed by atoms with E-state index >= 15 is 0 Å². The van der Waals surface area contributed by atoms with Crippen LogP contribution in [-0.2, 0) is 9.59 Å². The molecule has 0 aromatic heterocycles. The Morgan fingerprint density at radius 2 is 2.11 bits per heavy atom. The molecule has 1 unspecified atom stereocenters. The molecule has 1 heterocycles. The van der Waals surface area contributed by atoms with Crippen molar-refractivity contribution in [2.45, 2.75) is 32.2 Å². The van der Waals surface area contributed by atoms with Gasteiger partial charge in [-0.25, -0.2) is 0 Å². The van der Waals surface area contributed by atoms with Gasteiger partial charge in [0.15, 0.2) is 0 Å². The van der Waals surface area contributed by atoms with Crippen LogP contribution < -0.4 is 5.32 Å². The lowest BCUT2D eigenvalue weighted by Crippen LogP contribution is -2.45. The van der Waals surface area contributed by atoms with Gasteiger partial charge in [-0.05, 0) is 19.3 Å². The molecule has 1 aliphatic rings. The van der Waals surface area contributed by atoms with Crippen molar-refractivity contribution in [3.05, 3.63) is 0 Å². The highest BCUT2D eigenvalue weighted by Gasteiger charge is 2.26. The third-order valence-electron chi connectivity index (χ3n) is 3.31. The molecular formula is C13H20N2O3. The van der Waals surface area contributed by atoms with Crippen LogP contribution in [0.1, 0.15) is 26.2 Å². The first kappa shape index (κ1) is 14.5. The average Bonchev–Trinajstić information content (AvgIpc) is 2.39. The molecule has 1 rings (SSSR count). The van der Waals surface area contributed by atoms with Gasteiger partial charge >= 0.3 is 5.97 Å². The van der Waals surface area contributed by atoms with E-state index in [4.69, 9.17) is 11.5 Å². The molecule has 1 fully saturated rings. The second-order valence-electron chi connectivity index (χ2n) is 4.50. The fourth-order valence-electron chi connectivity index (χ4n) is 2.02. The number of likely N-dealkylation sites (tertiary alicyclic amines) is 1. The number of carboxylic acid groups (broad SMARTS) is 1. The highest BCUT2D eigenvalue weighted by atomic mass is 16.4. The van der Waals surface area contributed by atoms with Gasteiger partial charge in [0.2, 0.25) is 5.91 Å². The molecule has 1 aliphatic heterocycles. The van der Waals surface area contributed by atoms with Crippen LogP contribution in [0.5, 0.6) is 0 Å². The summed E-state index contributed by atoms with van der Waals surface area (Å²) in [6.07, 6.45) is 7.15. The number of hydrogen-bond acceptors (Lipinski definition) is 3. The predicted molar refractivity (Wildman–Crippen MR) is 67.9 cm³/mol. The Balaban J connectivity index is 2.32. The van der Waals surface area contributed by atoms with Crippen molar-refractivity contribution in [1.29, 1.82) is 0 Å². The van der Waals surface area contributed by atoms with E-state index in [0.717, 1.165) is 6.42 Å². The summed E-state index contributed by atoms with van der Waals surface area (Å²) in [7, 11) is 0. The second-order valence-corrected chi connectivity index (χ2v) is 4.50. The summed E-state index contributed by atoms with van der Waals surface area (Å²) in [5.74, 6) is 1.49. The van der Waals surface area contributed by atoms with Crippen molar-refractivity contribution in [3.63, 3.8) is 0 Å². The molecule has 1 amide bonds. The summed E-state index contributed by atoms with van der Waals surface area (Å²) in [5.41, 5.74) is 0. The first-order valence-corrected chi connectivity index (χ1v) is 6.28. The summed E-state index contributed by atoms with van der Waals surface area (Å²) in [6, 6.07) is -0.0782. The van der Waals surface area contributed by atoms with Crippen molar-refractivity contribution in [3.8, 4) is 12.3 Å². The largest absolute Gasteiger partial charge is 0.481 e. The normalized spacial score (nSPS) is 18.1. The van der Waals surface area contributed by atoms with Gasteiger partial charge in [0.25, 0.3) is 0 Å². The summed E-state index contributed by atoms with van der Waals surface area (Å²) >= 11 is 0. The number of piperidine rings is 1. The van der Waals surface area contributed by atoms with Crippen molar-refractivity contribution >= 4 is 11.9 Å². The van der Waals surface area contributed by atoms with Crippen LogP contribution in [0.15, 0.2) is 0 Å². The molecule has 0 spiro atoms. The average molecular weight is 252 g/mol. The zero-order chi connectivity index (χ0) is 13.5. The summed E-state index contributed by atoms with van der Waals surface area (Å²) < 4.78 is 0. The third-order valence-corrected chi connectivity index (χ3v) is 3.31. The van der Waals surface area contributed by atoms with Gasteiger partial charge in [0.1, 0.15) is 0 Å². The zero-order valence-corrected chi connectivity index (χ0v) is 10.7. The van der Waals surface area contributed by atoms with Gasteiger partial charge in [-0.3, -0.25) is 14.9 Å². The van der Waals surface area contributed by atoms with Crippen molar-refractivity contribution in [1.82, 2.24) is 10.2 Å². The Morgan fingerprint density at radius 1 is 1.50 bits per heavy atom. The Kier molecular flexibility index (Phi) is 5.66. The number of aliphatic carboxylic acids is 1. The first-order valence-electron chi connectivity index (χ1n) is 6.28. The molecule has 18 heavy (non-hydrogen) atoms. The lowest BCUT2D eigenvalue weighted by molar-refractivity contribution is -0.145. The highest BCUT2D eigenvalue weighted by Crippen LogP contribution is 2.17. The number of carboxylic acids is 1. The maximum Gasteiger partial charge on any atom is 0.306 e. The van der Waals surface area contributed by atoms with Crippen LogP contribution in [0.3, 0.4) is 0 Å². The second kappa shape index (κ2) is 7.02. The molecule has 0 aliphatic carbocycles. The maximum absolute atomic E-state index is 11.9. The molecule has 1 saturated heterocycles. The number of hydrogen-bond donors (Lipinski definition) is 2. The minimum atomic E-state index is -0.765. The van der Waals surface area contributed by atoms with E-state index in [1.165, 1.54) is 0 Å². The Hall–Kier alpha value is -1.54. The van der Waals surface area contributed by atoms with Gasteiger partial charge in [-0.15, -0.1) is 6.42 Å². The standard InChI is InChI=1S/C13H20N2O3/c1-3-11(4-2)14-9-12(16)15-7-5-10(6-8-15)13(17)18/h1,10-11,14H,4-9H2,2H3,(H,17,18). The molecule has 5 nitrogen and oxygen atoms in total. The van der Waals surface area contributed by atoms with E-state index in [1.54, 1.807) is 4.90 Å². The number of carbonyl (C=O) groups excluding carboxylic acids is 1. The summed E-state index contributed by atoms with van der Waals surface area (Å²) in [4.78, 5) is 24.3. The molecule has 1 atom stereocenters. The topological polar surface area (TPSA) is 69.6 Å². The van der Waals surface area contributed by atoms with Crippen LogP contribution in [0.4, 0.5) is 0 Å². The lowest BCUT2D eigenvalue weighted by atomic mass is 9.97. The Labute approximate surface area is 108 Å². The molecule has 5 heteroatoms. The van der Waals surface area contributed by atoms with Crippen molar-refractivity contribution in [2.75, 3.05) is 19.6 Å². The van der Waals surface area contributed by atoms with E-state index in [1.807, 2.05) is 6.92 Å². The molecule has 0 bridgehead atoms. The lowest BCUT2D eigenvalue weighted by Gasteiger charge is -2.30. The number of nitrogens with zero attached hydrogens (tertiary/aromatic N) is 1. The van der Waals surface area contributed by atoms with Crippen molar-refractivity contribution in [2.24, 2.45) is 5.92 Å². The van der Waals surface area contributed by atoms with E-state index in [-0.39, 0.29) is 24.4 Å². The van der Waals surface area contributed by atoms with Gasteiger partial charge in [-0.2, -0.15) is 0 Å². The van der Waals surface area contributed by atoms with Crippen LogP contribution in [-0.4, -0.2) is 47.6 Å². The summed E-state index contributed by atoms with van der Waals surface area (Å²) in [5, 5.41) is 11.9. The number of nitrogens with one attached hydrogen (secondary N) is 1. The van der Waals surface area contributed by atoms with Gasteiger partial charge in [0, 0.05) is 13.1 Å². The zero-order valence-electron chi connectivity index (χ0n) is 10.7. The van der Waals surface area contributed by atoms with E-state index in [9.17, 15) is 9.59 Å². The number of carbonyl (C=O) groups is 2. The first-order chi connectivity index (χ1) is 8.58. The van der Waals surface area contributed by atoms with E-state index in [2.05, 4.69) is 11.2 Å². The summed E-state index contributed by atoms with van der Waals surface area (Å²) in [6.45, 7) is 3.22. The molecule has 0 radical (unpaired) electrons. The molecular weight excluding hydrogens is 232 g/mol. The number of terminal acetylenes is 1. The Morgan fingerprint density at radius 3 is 2.56 bits per heavy atom. The third kappa shape index (κ3) is 4.04. The fourth-order valence-corrected chi connectivity index (χ4v) is 2.02. The molecule has 2 N–H and O–H groups in total. The smallest absolute Gasteiger partial charge is 0.306 e. The molecule has 0 aromatic carbocycles. The minimum Gasteiger partial charge on any atom is -0.481 e. The van der Waals surface area contributed by atoms with Gasteiger partial charge in [-0.1, -0.05) is 12.8 Å². The fraction of sp³-hybridized carbons (Fsp3) is 0.692. The SMILES string of the molecule is C#CC(CC)NCC(=O)N1CCC(C(=O)O)CC1.